The maximum atomic E-state index is 12.1. The minimum absolute atomic E-state index is 0.0356. The van der Waals surface area contributed by atoms with E-state index in [4.69, 9.17) is 5.73 Å². The first-order valence-corrected chi connectivity index (χ1v) is 7.90. The average Bonchev–Trinajstić information content (AvgIpc) is 2.30. The number of hydrogen-bond donors (Lipinski definition) is 1. The summed E-state index contributed by atoms with van der Waals surface area (Å²) in [7, 11) is -3.00. The predicted molar refractivity (Wildman–Crippen MR) is 72.2 cm³/mol. The molecule has 0 saturated carbocycles. The molecule has 19 heavy (non-hydrogen) atoms. The zero-order chi connectivity index (χ0) is 14.0. The topological polar surface area (TPSA) is 93.4 Å². The number of hydrogen-bond acceptors (Lipinski definition) is 5. The van der Waals surface area contributed by atoms with Crippen LogP contribution in [0.25, 0.3) is 0 Å². The van der Waals surface area contributed by atoms with Crippen LogP contribution in [0.4, 0.5) is 5.69 Å². The molecular formula is C12H17N3O3S. The van der Waals surface area contributed by atoms with Crippen LogP contribution in [0, 0.1) is 0 Å². The van der Waals surface area contributed by atoms with Crippen LogP contribution in [0.5, 0.6) is 0 Å². The molecule has 2 N–H and O–H groups in total. The molecule has 6 nitrogen and oxygen atoms in total. The number of nitrogen functional groups attached to an aromatic ring is 1. The monoisotopic (exact) mass is 283 g/mol. The van der Waals surface area contributed by atoms with Crippen LogP contribution in [0.15, 0.2) is 18.3 Å². The van der Waals surface area contributed by atoms with Crippen LogP contribution in [0.3, 0.4) is 0 Å². The Hall–Kier alpha value is -1.63. The van der Waals surface area contributed by atoms with Crippen LogP contribution < -0.4 is 5.73 Å². The Morgan fingerprint density at radius 1 is 1.53 bits per heavy atom. The molecule has 1 aliphatic rings. The summed E-state index contributed by atoms with van der Waals surface area (Å²) in [5.74, 6) is -0.0220. The SMILES string of the molecule is CC1CS(=O)(=O)CCN1C(=O)Cc1ccc(N)cn1. The lowest BCUT2D eigenvalue weighted by Crippen LogP contribution is -2.50. The predicted octanol–water partition coefficient (Wildman–Crippen LogP) is -0.148. The lowest BCUT2D eigenvalue weighted by Gasteiger charge is -2.33. The zero-order valence-electron chi connectivity index (χ0n) is 10.7. The molecule has 0 spiro atoms. The van der Waals surface area contributed by atoms with Crippen molar-refractivity contribution in [2.45, 2.75) is 19.4 Å². The van der Waals surface area contributed by atoms with E-state index in [1.165, 1.54) is 6.20 Å². The van der Waals surface area contributed by atoms with Gasteiger partial charge in [-0.1, -0.05) is 0 Å². The maximum absolute atomic E-state index is 12.1. The first-order chi connectivity index (χ1) is 8.87. The Kier molecular flexibility index (Phi) is 3.75. The summed E-state index contributed by atoms with van der Waals surface area (Å²) in [5, 5.41) is 0. The first-order valence-electron chi connectivity index (χ1n) is 6.08. The van der Waals surface area contributed by atoms with Crippen LogP contribution in [0.2, 0.25) is 0 Å². The molecule has 0 bridgehead atoms. The Bertz CT molecular complexity index is 568. The summed E-state index contributed by atoms with van der Waals surface area (Å²) in [5.41, 5.74) is 6.72. The second-order valence-electron chi connectivity index (χ2n) is 4.81. The number of pyridine rings is 1. The fourth-order valence-corrected chi connectivity index (χ4v) is 3.72. The molecule has 104 valence electrons. The van der Waals surface area contributed by atoms with Crippen molar-refractivity contribution in [1.29, 1.82) is 0 Å². The van der Waals surface area contributed by atoms with Gasteiger partial charge in [0.15, 0.2) is 9.84 Å². The van der Waals surface area contributed by atoms with Gasteiger partial charge >= 0.3 is 0 Å². The van der Waals surface area contributed by atoms with Crippen molar-refractivity contribution in [2.75, 3.05) is 23.8 Å². The lowest BCUT2D eigenvalue weighted by atomic mass is 10.2. The Morgan fingerprint density at radius 2 is 2.26 bits per heavy atom. The van der Waals surface area contributed by atoms with Gasteiger partial charge in [-0.2, -0.15) is 0 Å². The molecule has 0 aliphatic carbocycles. The van der Waals surface area contributed by atoms with Crippen molar-refractivity contribution >= 4 is 21.4 Å². The second kappa shape index (κ2) is 5.16. The average molecular weight is 283 g/mol. The molecule has 2 heterocycles. The highest BCUT2D eigenvalue weighted by molar-refractivity contribution is 7.91. The normalized spacial score (nSPS) is 22.2. The van der Waals surface area contributed by atoms with Gasteiger partial charge in [0.2, 0.25) is 5.91 Å². The van der Waals surface area contributed by atoms with Gasteiger partial charge in [-0.15, -0.1) is 0 Å². The van der Waals surface area contributed by atoms with Crippen LogP contribution in [0.1, 0.15) is 12.6 Å². The lowest BCUT2D eigenvalue weighted by molar-refractivity contribution is -0.132. The number of rotatable bonds is 2. The molecule has 1 aromatic heterocycles. The second-order valence-corrected chi connectivity index (χ2v) is 7.04. The van der Waals surface area contributed by atoms with Crippen molar-refractivity contribution in [3.05, 3.63) is 24.0 Å². The molecule has 0 aromatic carbocycles. The molecule has 7 heteroatoms. The third kappa shape index (κ3) is 3.44. The number of carbonyl (C=O) groups is 1. The van der Waals surface area contributed by atoms with E-state index in [-0.39, 0.29) is 36.4 Å². The number of aromatic nitrogens is 1. The highest BCUT2D eigenvalue weighted by Crippen LogP contribution is 2.13. The van der Waals surface area contributed by atoms with Crippen molar-refractivity contribution in [3.8, 4) is 0 Å². The summed E-state index contributed by atoms with van der Waals surface area (Å²) < 4.78 is 22.9. The van der Waals surface area contributed by atoms with Crippen molar-refractivity contribution in [3.63, 3.8) is 0 Å². The Morgan fingerprint density at radius 3 is 2.84 bits per heavy atom. The third-order valence-corrected chi connectivity index (χ3v) is 4.97. The number of amides is 1. The number of sulfone groups is 1. The largest absolute Gasteiger partial charge is 0.397 e. The molecule has 0 radical (unpaired) electrons. The maximum Gasteiger partial charge on any atom is 0.228 e. The molecule has 1 aliphatic heterocycles. The van der Waals surface area contributed by atoms with E-state index in [9.17, 15) is 13.2 Å². The summed E-state index contributed by atoms with van der Waals surface area (Å²) >= 11 is 0. The van der Waals surface area contributed by atoms with E-state index in [0.29, 0.717) is 11.4 Å². The smallest absolute Gasteiger partial charge is 0.228 e. The fourth-order valence-electron chi connectivity index (χ4n) is 2.17. The quantitative estimate of drug-likeness (QED) is 0.815. The molecule has 1 amide bonds. The van der Waals surface area contributed by atoms with Gasteiger partial charge in [-0.05, 0) is 19.1 Å². The van der Waals surface area contributed by atoms with Gasteiger partial charge in [-0.3, -0.25) is 9.78 Å². The van der Waals surface area contributed by atoms with E-state index >= 15 is 0 Å². The van der Waals surface area contributed by atoms with Crippen LogP contribution in [-0.4, -0.2) is 48.3 Å². The number of carbonyl (C=O) groups excluding carboxylic acids is 1. The highest BCUT2D eigenvalue weighted by atomic mass is 32.2. The zero-order valence-corrected chi connectivity index (χ0v) is 11.6. The molecular weight excluding hydrogens is 266 g/mol. The van der Waals surface area contributed by atoms with Crippen molar-refractivity contribution in [2.24, 2.45) is 0 Å². The minimum Gasteiger partial charge on any atom is -0.397 e. The molecule has 1 fully saturated rings. The summed E-state index contributed by atoms with van der Waals surface area (Å²) in [6.07, 6.45) is 1.68. The number of anilines is 1. The summed E-state index contributed by atoms with van der Waals surface area (Å²) in [6.45, 7) is 2.02. The van der Waals surface area contributed by atoms with Gasteiger partial charge in [0.05, 0.1) is 29.8 Å². The number of nitrogens with two attached hydrogens (primary N) is 1. The Balaban J connectivity index is 2.02. The van der Waals surface area contributed by atoms with Crippen LogP contribution in [-0.2, 0) is 21.1 Å². The molecule has 1 unspecified atom stereocenters. The van der Waals surface area contributed by atoms with Crippen molar-refractivity contribution in [1.82, 2.24) is 9.88 Å². The Labute approximate surface area is 112 Å². The van der Waals surface area contributed by atoms with Crippen molar-refractivity contribution < 1.29 is 13.2 Å². The van der Waals surface area contributed by atoms with E-state index in [1.807, 2.05) is 0 Å². The standard InChI is InChI=1S/C12H17N3O3S/c1-9-8-19(17,18)5-4-15(9)12(16)6-11-3-2-10(13)7-14-11/h2-3,7,9H,4-6,8,13H2,1H3. The van der Waals surface area contributed by atoms with E-state index in [2.05, 4.69) is 4.98 Å². The van der Waals surface area contributed by atoms with Gasteiger partial charge in [0.25, 0.3) is 0 Å². The van der Waals surface area contributed by atoms with Gasteiger partial charge < -0.3 is 10.6 Å². The minimum atomic E-state index is -3.00. The van der Waals surface area contributed by atoms with E-state index in [0.717, 1.165) is 0 Å². The molecule has 1 aromatic rings. The van der Waals surface area contributed by atoms with E-state index in [1.54, 1.807) is 24.0 Å². The number of nitrogens with zero attached hydrogens (tertiary/aromatic N) is 2. The summed E-state index contributed by atoms with van der Waals surface area (Å²) in [6, 6.07) is 3.12. The highest BCUT2D eigenvalue weighted by Gasteiger charge is 2.31. The third-order valence-electron chi connectivity index (χ3n) is 3.17. The molecule has 1 saturated heterocycles. The fraction of sp³-hybridized carbons (Fsp3) is 0.500. The van der Waals surface area contributed by atoms with Gasteiger partial charge in [0.1, 0.15) is 0 Å². The van der Waals surface area contributed by atoms with Gasteiger partial charge in [-0.25, -0.2) is 8.42 Å². The molecule has 2 rings (SSSR count). The first kappa shape index (κ1) is 13.8. The molecule has 1 atom stereocenters. The van der Waals surface area contributed by atoms with E-state index < -0.39 is 9.84 Å². The van der Waals surface area contributed by atoms with Crippen LogP contribution >= 0.6 is 0 Å². The summed E-state index contributed by atoms with van der Waals surface area (Å²) in [4.78, 5) is 17.8. The van der Waals surface area contributed by atoms with Gasteiger partial charge in [0, 0.05) is 18.3 Å².